The summed E-state index contributed by atoms with van der Waals surface area (Å²) in [7, 11) is 1.91. The van der Waals surface area contributed by atoms with Crippen molar-refractivity contribution < 1.29 is 0 Å². The predicted molar refractivity (Wildman–Crippen MR) is 83.1 cm³/mol. The zero-order chi connectivity index (χ0) is 13.8. The molecule has 2 rings (SSSR count). The highest BCUT2D eigenvalue weighted by Crippen LogP contribution is 2.24. The molecule has 0 aliphatic carbocycles. The minimum Gasteiger partial charge on any atom is -0.394 e. The Bertz CT molecular complexity index is 563. The Labute approximate surface area is 122 Å². The molecule has 19 heavy (non-hydrogen) atoms. The van der Waals surface area contributed by atoms with Crippen LogP contribution in [0.15, 0.2) is 28.7 Å². The summed E-state index contributed by atoms with van der Waals surface area (Å²) in [6.45, 7) is 2.85. The molecule has 1 aromatic heterocycles. The van der Waals surface area contributed by atoms with Crippen LogP contribution in [0.3, 0.4) is 0 Å². The quantitative estimate of drug-likeness (QED) is 0.887. The lowest BCUT2D eigenvalue weighted by atomic mass is 10.2. The maximum atomic E-state index is 6.13. The lowest BCUT2D eigenvalue weighted by Crippen LogP contribution is -2.06. The van der Waals surface area contributed by atoms with Gasteiger partial charge in [0.15, 0.2) is 0 Å². The van der Waals surface area contributed by atoms with Crippen molar-refractivity contribution in [3.63, 3.8) is 0 Å². The molecule has 0 radical (unpaired) electrons. The molecular formula is C14H19BrN4. The second-order valence-corrected chi connectivity index (χ2v) is 5.38. The van der Waals surface area contributed by atoms with Gasteiger partial charge in [-0.15, -0.1) is 0 Å². The van der Waals surface area contributed by atoms with E-state index in [4.69, 9.17) is 5.73 Å². The summed E-state index contributed by atoms with van der Waals surface area (Å²) < 4.78 is 2.91. The molecule has 0 saturated heterocycles. The molecule has 0 bridgehead atoms. The Balaban J connectivity index is 2.14. The number of halogens is 1. The summed E-state index contributed by atoms with van der Waals surface area (Å²) in [5, 5.41) is 7.81. The highest BCUT2D eigenvalue weighted by Gasteiger charge is 2.12. The molecule has 0 unspecified atom stereocenters. The van der Waals surface area contributed by atoms with E-state index in [9.17, 15) is 0 Å². The standard InChI is InChI=1S/C14H19BrN4/c1-3-6-12-13(16)14(19(2)18-12)17-9-10-7-4-5-8-11(10)15/h4-5,7-8,17H,3,6,9,16H2,1-2H3. The molecule has 0 saturated carbocycles. The van der Waals surface area contributed by atoms with Gasteiger partial charge in [0.05, 0.1) is 11.4 Å². The smallest absolute Gasteiger partial charge is 0.148 e. The van der Waals surface area contributed by atoms with Gasteiger partial charge in [0.2, 0.25) is 0 Å². The van der Waals surface area contributed by atoms with Crippen LogP contribution in [-0.4, -0.2) is 9.78 Å². The molecule has 1 aromatic carbocycles. The maximum absolute atomic E-state index is 6.13. The number of anilines is 2. The first-order chi connectivity index (χ1) is 9.13. The van der Waals surface area contributed by atoms with E-state index in [1.807, 2.05) is 29.9 Å². The van der Waals surface area contributed by atoms with Crippen molar-refractivity contribution in [3.05, 3.63) is 40.0 Å². The molecule has 0 fully saturated rings. The number of rotatable bonds is 5. The minimum absolute atomic E-state index is 0.719. The largest absolute Gasteiger partial charge is 0.394 e. The van der Waals surface area contributed by atoms with Crippen LogP contribution >= 0.6 is 15.9 Å². The fraction of sp³-hybridized carbons (Fsp3) is 0.357. The van der Waals surface area contributed by atoms with Crippen LogP contribution in [0.5, 0.6) is 0 Å². The van der Waals surface area contributed by atoms with Crippen LogP contribution in [0.2, 0.25) is 0 Å². The molecule has 0 atom stereocenters. The summed E-state index contributed by atoms with van der Waals surface area (Å²) in [5.41, 5.74) is 9.06. The normalized spacial score (nSPS) is 10.7. The predicted octanol–water partition coefficient (Wildman–Crippen LogP) is 3.33. The number of nitrogens with two attached hydrogens (primary N) is 1. The Morgan fingerprint density at radius 1 is 1.37 bits per heavy atom. The van der Waals surface area contributed by atoms with Crippen molar-refractivity contribution in [2.75, 3.05) is 11.1 Å². The number of benzene rings is 1. The fourth-order valence-corrected chi connectivity index (χ4v) is 2.47. The number of hydrogen-bond acceptors (Lipinski definition) is 3. The number of hydrogen-bond donors (Lipinski definition) is 2. The van der Waals surface area contributed by atoms with Gasteiger partial charge in [0, 0.05) is 18.1 Å². The molecule has 0 aliphatic rings. The van der Waals surface area contributed by atoms with Crippen molar-refractivity contribution in [1.82, 2.24) is 9.78 Å². The second-order valence-electron chi connectivity index (χ2n) is 4.53. The van der Waals surface area contributed by atoms with Gasteiger partial charge in [0.1, 0.15) is 5.82 Å². The van der Waals surface area contributed by atoms with Gasteiger partial charge in [-0.05, 0) is 18.1 Å². The first-order valence-electron chi connectivity index (χ1n) is 6.42. The number of aryl methyl sites for hydroxylation is 2. The molecule has 0 spiro atoms. The van der Waals surface area contributed by atoms with E-state index < -0.39 is 0 Å². The summed E-state index contributed by atoms with van der Waals surface area (Å²) in [6, 6.07) is 8.14. The maximum Gasteiger partial charge on any atom is 0.148 e. The van der Waals surface area contributed by atoms with Gasteiger partial charge < -0.3 is 11.1 Å². The Kier molecular flexibility index (Phi) is 4.47. The van der Waals surface area contributed by atoms with E-state index in [0.29, 0.717) is 0 Å². The topological polar surface area (TPSA) is 55.9 Å². The van der Waals surface area contributed by atoms with E-state index in [1.165, 1.54) is 5.56 Å². The Morgan fingerprint density at radius 2 is 2.11 bits per heavy atom. The van der Waals surface area contributed by atoms with Gasteiger partial charge in [0.25, 0.3) is 0 Å². The summed E-state index contributed by atoms with van der Waals surface area (Å²) in [5.74, 6) is 0.888. The van der Waals surface area contributed by atoms with Crippen molar-refractivity contribution in [1.29, 1.82) is 0 Å². The average molecular weight is 323 g/mol. The SMILES string of the molecule is CCCc1nn(C)c(NCc2ccccc2Br)c1N. The number of nitrogens with zero attached hydrogens (tertiary/aromatic N) is 2. The first kappa shape index (κ1) is 13.9. The Hall–Kier alpha value is -1.49. The van der Waals surface area contributed by atoms with E-state index in [0.717, 1.165) is 41.1 Å². The minimum atomic E-state index is 0.719. The molecule has 0 amide bonds. The van der Waals surface area contributed by atoms with Crippen LogP contribution in [-0.2, 0) is 20.0 Å². The van der Waals surface area contributed by atoms with Gasteiger partial charge in [-0.2, -0.15) is 5.10 Å². The average Bonchev–Trinajstić information content (AvgIpc) is 2.65. The first-order valence-corrected chi connectivity index (χ1v) is 7.21. The third kappa shape index (κ3) is 3.10. The van der Waals surface area contributed by atoms with Crippen LogP contribution < -0.4 is 11.1 Å². The molecule has 4 nitrogen and oxygen atoms in total. The Morgan fingerprint density at radius 3 is 2.79 bits per heavy atom. The van der Waals surface area contributed by atoms with Crippen LogP contribution in [0.25, 0.3) is 0 Å². The molecule has 1 heterocycles. The third-order valence-electron chi connectivity index (χ3n) is 3.05. The molecule has 0 aliphatic heterocycles. The summed E-state index contributed by atoms with van der Waals surface area (Å²) in [4.78, 5) is 0. The molecule has 2 aromatic rings. The summed E-state index contributed by atoms with van der Waals surface area (Å²) >= 11 is 3.54. The van der Waals surface area contributed by atoms with Gasteiger partial charge in [-0.25, -0.2) is 0 Å². The highest BCUT2D eigenvalue weighted by molar-refractivity contribution is 9.10. The van der Waals surface area contributed by atoms with E-state index in [-0.39, 0.29) is 0 Å². The van der Waals surface area contributed by atoms with E-state index in [1.54, 1.807) is 0 Å². The zero-order valence-electron chi connectivity index (χ0n) is 11.3. The van der Waals surface area contributed by atoms with Gasteiger partial charge >= 0.3 is 0 Å². The fourth-order valence-electron chi connectivity index (χ4n) is 2.05. The van der Waals surface area contributed by atoms with Crippen molar-refractivity contribution in [2.24, 2.45) is 7.05 Å². The van der Waals surface area contributed by atoms with Crippen LogP contribution in [0.4, 0.5) is 11.5 Å². The monoisotopic (exact) mass is 322 g/mol. The second kappa shape index (κ2) is 6.10. The summed E-state index contributed by atoms with van der Waals surface area (Å²) in [6.07, 6.45) is 1.96. The highest BCUT2D eigenvalue weighted by atomic mass is 79.9. The molecular weight excluding hydrogens is 304 g/mol. The van der Waals surface area contributed by atoms with E-state index >= 15 is 0 Å². The van der Waals surface area contributed by atoms with E-state index in [2.05, 4.69) is 39.3 Å². The number of nitrogens with one attached hydrogen (secondary N) is 1. The molecule has 5 heteroatoms. The lowest BCUT2D eigenvalue weighted by Gasteiger charge is -2.09. The van der Waals surface area contributed by atoms with Gasteiger partial charge in [-0.1, -0.05) is 47.5 Å². The van der Waals surface area contributed by atoms with Gasteiger partial charge in [-0.3, -0.25) is 4.68 Å². The van der Waals surface area contributed by atoms with Crippen LogP contribution in [0, 0.1) is 0 Å². The zero-order valence-corrected chi connectivity index (χ0v) is 12.9. The van der Waals surface area contributed by atoms with Crippen molar-refractivity contribution in [3.8, 4) is 0 Å². The molecule has 102 valence electrons. The molecule has 3 N–H and O–H groups in total. The third-order valence-corrected chi connectivity index (χ3v) is 3.82. The number of nitrogen functional groups attached to an aromatic ring is 1. The lowest BCUT2D eigenvalue weighted by molar-refractivity contribution is 0.735. The van der Waals surface area contributed by atoms with Crippen molar-refractivity contribution >= 4 is 27.4 Å². The van der Waals surface area contributed by atoms with Crippen molar-refractivity contribution in [2.45, 2.75) is 26.3 Å². The van der Waals surface area contributed by atoms with Crippen LogP contribution in [0.1, 0.15) is 24.6 Å². The number of aromatic nitrogens is 2.